The van der Waals surface area contributed by atoms with Crippen molar-refractivity contribution < 1.29 is 0 Å². The molecular weight excluding hydrogens is 204 g/mol. The third kappa shape index (κ3) is 9.12. The Bertz CT molecular complexity index is 57.6. The molecule has 0 radical (unpaired) electrons. The zero-order valence-corrected chi connectivity index (χ0v) is 7.60. The van der Waals surface area contributed by atoms with Gasteiger partial charge >= 0.3 is 0 Å². The van der Waals surface area contributed by atoms with Gasteiger partial charge in [0.05, 0.1) is 0 Å². The number of halogens is 4. The maximum absolute atomic E-state index is 5.38. The molecule has 1 nitrogen and oxygen atoms in total. The van der Waals surface area contributed by atoms with Crippen LogP contribution in [0.2, 0.25) is 0 Å². The molecule has 0 aliphatic heterocycles. The van der Waals surface area contributed by atoms with Gasteiger partial charge in [-0.3, -0.25) is 0 Å². The Morgan fingerprint density at radius 3 is 1.44 bits per heavy atom. The molecule has 5 heteroatoms. The molecule has 0 bridgehead atoms. The van der Waals surface area contributed by atoms with Crippen molar-refractivity contribution in [2.75, 3.05) is 13.1 Å². The first kappa shape index (κ1) is 10.1. The second kappa shape index (κ2) is 5.87. The van der Waals surface area contributed by atoms with Crippen LogP contribution in [-0.2, 0) is 0 Å². The standard InChI is InChI=1S/C4H7Cl4N/c5-3(6)1-9-2-4(7)8/h3-4,9H,1-2H2. The number of nitrogens with one attached hydrogen (secondary N) is 1. The maximum Gasteiger partial charge on any atom is 0.120 e. The topological polar surface area (TPSA) is 12.0 Å². The molecule has 0 aliphatic rings. The Balaban J connectivity index is 2.91. The molecule has 1 N–H and O–H groups in total. The third-order valence-electron chi connectivity index (χ3n) is 0.597. The fourth-order valence-electron chi connectivity index (χ4n) is 0.302. The Kier molecular flexibility index (Phi) is 6.60. The Morgan fingerprint density at radius 1 is 0.889 bits per heavy atom. The second-order valence-corrected chi connectivity index (χ2v) is 3.99. The molecule has 9 heavy (non-hydrogen) atoms. The van der Waals surface area contributed by atoms with E-state index in [2.05, 4.69) is 5.32 Å². The van der Waals surface area contributed by atoms with Crippen molar-refractivity contribution in [1.82, 2.24) is 5.32 Å². The summed E-state index contributed by atoms with van der Waals surface area (Å²) in [4.78, 5) is -0.783. The molecule has 0 saturated heterocycles. The minimum absolute atomic E-state index is 0.392. The molecule has 0 unspecified atom stereocenters. The monoisotopic (exact) mass is 209 g/mol. The maximum atomic E-state index is 5.38. The van der Waals surface area contributed by atoms with Gasteiger partial charge in [-0.1, -0.05) is 0 Å². The zero-order chi connectivity index (χ0) is 7.28. The fourth-order valence-corrected chi connectivity index (χ4v) is 0.738. The van der Waals surface area contributed by atoms with E-state index in [-0.39, 0.29) is 0 Å². The van der Waals surface area contributed by atoms with Crippen LogP contribution in [0.1, 0.15) is 0 Å². The quantitative estimate of drug-likeness (QED) is 0.702. The van der Waals surface area contributed by atoms with Gasteiger partial charge in [0.2, 0.25) is 0 Å². The van der Waals surface area contributed by atoms with Crippen LogP contribution in [0, 0.1) is 0 Å². The van der Waals surface area contributed by atoms with Crippen LogP contribution in [0.5, 0.6) is 0 Å². The molecule has 0 aromatic rings. The van der Waals surface area contributed by atoms with E-state index < -0.39 is 9.67 Å². The molecule has 0 amide bonds. The number of hydrogen-bond acceptors (Lipinski definition) is 1. The summed E-state index contributed by atoms with van der Waals surface area (Å²) in [6.07, 6.45) is 0. The van der Waals surface area contributed by atoms with Crippen molar-refractivity contribution in [3.05, 3.63) is 0 Å². The predicted octanol–water partition coefficient (Wildman–Crippen LogP) is 2.18. The van der Waals surface area contributed by atoms with Crippen molar-refractivity contribution in [3.63, 3.8) is 0 Å². The van der Waals surface area contributed by atoms with Crippen LogP contribution < -0.4 is 5.32 Å². The molecule has 0 atom stereocenters. The van der Waals surface area contributed by atoms with Crippen LogP contribution in [0.15, 0.2) is 0 Å². The van der Waals surface area contributed by atoms with Gasteiger partial charge in [0.1, 0.15) is 9.67 Å². The van der Waals surface area contributed by atoms with Gasteiger partial charge in [-0.05, 0) is 0 Å². The summed E-state index contributed by atoms with van der Waals surface area (Å²) in [6.45, 7) is 1.03. The van der Waals surface area contributed by atoms with Crippen molar-refractivity contribution in [1.29, 1.82) is 0 Å². The van der Waals surface area contributed by atoms with Gasteiger partial charge < -0.3 is 5.32 Å². The lowest BCUT2D eigenvalue weighted by Gasteiger charge is -2.03. The first-order valence-electron chi connectivity index (χ1n) is 2.40. The van der Waals surface area contributed by atoms with Gasteiger partial charge in [0.25, 0.3) is 0 Å². The third-order valence-corrected chi connectivity index (χ3v) is 1.21. The van der Waals surface area contributed by atoms with E-state index in [1.807, 2.05) is 0 Å². The lowest BCUT2D eigenvalue weighted by Crippen LogP contribution is -2.24. The van der Waals surface area contributed by atoms with E-state index in [1.165, 1.54) is 0 Å². The summed E-state index contributed by atoms with van der Waals surface area (Å²) < 4.78 is 0. The van der Waals surface area contributed by atoms with E-state index in [9.17, 15) is 0 Å². The lowest BCUT2D eigenvalue weighted by molar-refractivity contribution is 0.738. The van der Waals surface area contributed by atoms with Crippen LogP contribution in [0.4, 0.5) is 0 Å². The average molecular weight is 211 g/mol. The number of hydrogen-bond donors (Lipinski definition) is 1. The molecule has 0 rings (SSSR count). The highest BCUT2D eigenvalue weighted by Gasteiger charge is 1.99. The molecule has 0 spiro atoms. The van der Waals surface area contributed by atoms with Crippen LogP contribution in [0.3, 0.4) is 0 Å². The summed E-state index contributed by atoms with van der Waals surface area (Å²) in [6, 6.07) is 0. The molecule has 0 saturated carbocycles. The average Bonchev–Trinajstić information content (AvgIpc) is 1.63. The predicted molar refractivity (Wildman–Crippen MR) is 43.9 cm³/mol. The Labute approximate surface area is 74.6 Å². The zero-order valence-electron chi connectivity index (χ0n) is 4.58. The van der Waals surface area contributed by atoms with E-state index in [4.69, 9.17) is 46.4 Å². The highest BCUT2D eigenvalue weighted by atomic mass is 35.5. The Morgan fingerprint density at radius 2 is 1.22 bits per heavy atom. The van der Waals surface area contributed by atoms with E-state index in [0.29, 0.717) is 13.1 Å². The van der Waals surface area contributed by atoms with Crippen molar-refractivity contribution >= 4 is 46.4 Å². The highest BCUT2D eigenvalue weighted by molar-refractivity contribution is 6.45. The van der Waals surface area contributed by atoms with E-state index in [0.717, 1.165) is 0 Å². The van der Waals surface area contributed by atoms with Gasteiger partial charge in [-0.15, -0.1) is 46.4 Å². The first-order valence-corrected chi connectivity index (χ1v) is 4.14. The molecule has 0 fully saturated rings. The first-order chi connectivity index (χ1) is 4.13. The molecular formula is C4H7Cl4N. The summed E-state index contributed by atoms with van der Waals surface area (Å²) in [5.41, 5.74) is 0. The summed E-state index contributed by atoms with van der Waals surface area (Å²) in [5.74, 6) is 0. The molecule has 0 aliphatic carbocycles. The van der Waals surface area contributed by atoms with Gasteiger partial charge in [0, 0.05) is 13.1 Å². The van der Waals surface area contributed by atoms with E-state index in [1.54, 1.807) is 0 Å². The SMILES string of the molecule is ClC(Cl)CNCC(Cl)Cl. The number of alkyl halides is 4. The normalized spacial score (nSPS) is 11.3. The molecule has 0 aromatic heterocycles. The van der Waals surface area contributed by atoms with Gasteiger partial charge in [-0.25, -0.2) is 0 Å². The highest BCUT2D eigenvalue weighted by Crippen LogP contribution is 2.01. The molecule has 0 aromatic carbocycles. The molecule has 56 valence electrons. The second-order valence-electron chi connectivity index (χ2n) is 1.44. The minimum atomic E-state index is -0.392. The van der Waals surface area contributed by atoms with Crippen LogP contribution in [0.25, 0.3) is 0 Å². The van der Waals surface area contributed by atoms with Crippen LogP contribution >= 0.6 is 46.4 Å². The van der Waals surface area contributed by atoms with E-state index >= 15 is 0 Å². The van der Waals surface area contributed by atoms with Crippen molar-refractivity contribution in [2.45, 2.75) is 9.67 Å². The van der Waals surface area contributed by atoms with Gasteiger partial charge in [0.15, 0.2) is 0 Å². The van der Waals surface area contributed by atoms with Crippen LogP contribution in [-0.4, -0.2) is 22.8 Å². The molecule has 0 heterocycles. The summed E-state index contributed by atoms with van der Waals surface area (Å²) in [5, 5.41) is 2.86. The van der Waals surface area contributed by atoms with Crippen molar-refractivity contribution in [3.8, 4) is 0 Å². The van der Waals surface area contributed by atoms with Crippen molar-refractivity contribution in [2.24, 2.45) is 0 Å². The summed E-state index contributed by atoms with van der Waals surface area (Å²) in [7, 11) is 0. The summed E-state index contributed by atoms with van der Waals surface area (Å²) >= 11 is 21.5. The Hall–Kier alpha value is 1.12. The fraction of sp³-hybridized carbons (Fsp3) is 1.00. The van der Waals surface area contributed by atoms with Gasteiger partial charge in [-0.2, -0.15) is 0 Å². The minimum Gasteiger partial charge on any atom is -0.311 e. The lowest BCUT2D eigenvalue weighted by atomic mass is 10.6. The number of rotatable bonds is 4. The largest absolute Gasteiger partial charge is 0.311 e. The smallest absolute Gasteiger partial charge is 0.120 e.